The van der Waals surface area contributed by atoms with Crippen molar-refractivity contribution >= 4 is 11.8 Å². The van der Waals surface area contributed by atoms with E-state index in [0.29, 0.717) is 23.7 Å². The molecule has 2 aliphatic heterocycles. The van der Waals surface area contributed by atoms with E-state index in [4.69, 9.17) is 4.74 Å². The number of nitrogens with zero attached hydrogens (tertiary/aromatic N) is 2. The Kier molecular flexibility index (Phi) is 3.14. The molecule has 1 aliphatic carbocycles. The zero-order valence-electron chi connectivity index (χ0n) is 12.0. The molecular formula is C15H21N3O3. The molecule has 3 unspecified atom stereocenters. The number of hydrogen-bond acceptors (Lipinski definition) is 4. The lowest BCUT2D eigenvalue weighted by Gasteiger charge is -2.41. The maximum Gasteiger partial charge on any atom is 0.341 e. The van der Waals surface area contributed by atoms with Gasteiger partial charge in [0.15, 0.2) is 6.23 Å². The Hall–Kier alpha value is -1.56. The van der Waals surface area contributed by atoms with Crippen molar-refractivity contribution in [3.63, 3.8) is 0 Å². The number of carboxylic acid groups (broad SMARTS) is 1. The van der Waals surface area contributed by atoms with Gasteiger partial charge in [0.25, 0.3) is 0 Å². The minimum absolute atomic E-state index is 0.0960. The van der Waals surface area contributed by atoms with E-state index in [1.807, 2.05) is 0 Å². The van der Waals surface area contributed by atoms with Crippen molar-refractivity contribution in [3.05, 3.63) is 11.8 Å². The SMILES string of the molecule is O=C(O)c1cnn2c1NC(C1CCCCC1)C1CCOC12. The van der Waals surface area contributed by atoms with E-state index in [1.165, 1.54) is 38.3 Å². The summed E-state index contributed by atoms with van der Waals surface area (Å²) in [6.07, 6.45) is 8.73. The highest BCUT2D eigenvalue weighted by Crippen LogP contribution is 2.45. The highest BCUT2D eigenvalue weighted by Gasteiger charge is 2.45. The maximum atomic E-state index is 11.4. The highest BCUT2D eigenvalue weighted by molar-refractivity contribution is 5.93. The molecule has 0 spiro atoms. The first-order valence-electron chi connectivity index (χ1n) is 7.94. The van der Waals surface area contributed by atoms with Gasteiger partial charge in [-0.15, -0.1) is 0 Å². The fourth-order valence-corrected chi connectivity index (χ4v) is 4.28. The second kappa shape index (κ2) is 5.02. The van der Waals surface area contributed by atoms with Crippen molar-refractivity contribution in [2.45, 2.75) is 50.8 Å². The standard InChI is InChI=1S/C15H21N3O3/c19-15(20)11-8-16-18-13(11)17-12(9-4-2-1-3-5-9)10-6-7-21-14(10)18/h8-10,12,14,17H,1-7H2,(H,19,20). The molecule has 3 heterocycles. The van der Waals surface area contributed by atoms with Gasteiger partial charge < -0.3 is 15.2 Å². The maximum absolute atomic E-state index is 11.4. The minimum Gasteiger partial charge on any atom is -0.477 e. The van der Waals surface area contributed by atoms with Gasteiger partial charge in [-0.25, -0.2) is 9.48 Å². The molecule has 3 aliphatic rings. The zero-order chi connectivity index (χ0) is 14.4. The van der Waals surface area contributed by atoms with Crippen LogP contribution in [0.3, 0.4) is 0 Å². The third-order valence-corrected chi connectivity index (χ3v) is 5.30. The molecule has 2 N–H and O–H groups in total. The lowest BCUT2D eigenvalue weighted by Crippen LogP contribution is -2.45. The second-order valence-corrected chi connectivity index (χ2v) is 6.44. The lowest BCUT2D eigenvalue weighted by molar-refractivity contribution is 0.00602. The molecule has 1 saturated carbocycles. The van der Waals surface area contributed by atoms with Gasteiger partial charge in [0.2, 0.25) is 0 Å². The Morgan fingerprint density at radius 3 is 2.90 bits per heavy atom. The van der Waals surface area contributed by atoms with Crippen LogP contribution in [0, 0.1) is 11.8 Å². The topological polar surface area (TPSA) is 76.4 Å². The van der Waals surface area contributed by atoms with Gasteiger partial charge in [-0.2, -0.15) is 5.10 Å². The highest BCUT2D eigenvalue weighted by atomic mass is 16.5. The summed E-state index contributed by atoms with van der Waals surface area (Å²) in [5, 5.41) is 17.1. The Labute approximate surface area is 123 Å². The van der Waals surface area contributed by atoms with Crippen molar-refractivity contribution < 1.29 is 14.6 Å². The lowest BCUT2D eigenvalue weighted by atomic mass is 9.77. The first-order valence-corrected chi connectivity index (χ1v) is 7.94. The third-order valence-electron chi connectivity index (χ3n) is 5.30. The molecule has 2 fully saturated rings. The van der Waals surface area contributed by atoms with E-state index in [0.717, 1.165) is 13.0 Å². The normalized spacial score (nSPS) is 32.3. The van der Waals surface area contributed by atoms with Gasteiger partial charge in [0.1, 0.15) is 11.4 Å². The summed E-state index contributed by atoms with van der Waals surface area (Å²) >= 11 is 0. The molecule has 3 atom stereocenters. The van der Waals surface area contributed by atoms with Gasteiger partial charge >= 0.3 is 5.97 Å². The van der Waals surface area contributed by atoms with Gasteiger partial charge in [-0.05, 0) is 25.2 Å². The van der Waals surface area contributed by atoms with Crippen LogP contribution in [0.15, 0.2) is 6.20 Å². The zero-order valence-corrected chi connectivity index (χ0v) is 12.0. The Morgan fingerprint density at radius 2 is 2.14 bits per heavy atom. The number of anilines is 1. The molecule has 114 valence electrons. The molecule has 0 radical (unpaired) electrons. The van der Waals surface area contributed by atoms with Crippen LogP contribution in [0.1, 0.15) is 55.1 Å². The second-order valence-electron chi connectivity index (χ2n) is 6.44. The number of carboxylic acids is 1. The molecule has 6 heteroatoms. The van der Waals surface area contributed by atoms with E-state index < -0.39 is 5.97 Å². The van der Waals surface area contributed by atoms with Crippen molar-refractivity contribution in [3.8, 4) is 0 Å². The van der Waals surface area contributed by atoms with E-state index >= 15 is 0 Å². The molecule has 1 aromatic heterocycles. The van der Waals surface area contributed by atoms with Crippen LogP contribution in [0.4, 0.5) is 5.82 Å². The Bertz CT molecular complexity index is 550. The number of rotatable bonds is 2. The number of ether oxygens (including phenoxy) is 1. The van der Waals surface area contributed by atoms with Crippen molar-refractivity contribution in [2.24, 2.45) is 11.8 Å². The summed E-state index contributed by atoms with van der Waals surface area (Å²) in [6, 6.07) is 0.320. The molecule has 4 rings (SSSR count). The summed E-state index contributed by atoms with van der Waals surface area (Å²) in [4.78, 5) is 11.4. The van der Waals surface area contributed by atoms with Crippen LogP contribution < -0.4 is 5.32 Å². The fourth-order valence-electron chi connectivity index (χ4n) is 4.28. The van der Waals surface area contributed by atoms with Gasteiger partial charge in [-0.1, -0.05) is 19.3 Å². The summed E-state index contributed by atoms with van der Waals surface area (Å²) in [6.45, 7) is 0.738. The molecular weight excluding hydrogens is 270 g/mol. The number of carbonyl (C=O) groups is 1. The van der Waals surface area contributed by atoms with E-state index in [2.05, 4.69) is 10.4 Å². The number of nitrogens with one attached hydrogen (secondary N) is 1. The van der Waals surface area contributed by atoms with Crippen molar-refractivity contribution in [1.82, 2.24) is 9.78 Å². The molecule has 1 aromatic rings. The van der Waals surface area contributed by atoms with Crippen molar-refractivity contribution in [2.75, 3.05) is 11.9 Å². The Balaban J connectivity index is 1.70. The van der Waals surface area contributed by atoms with Gasteiger partial charge in [0.05, 0.1) is 6.20 Å². The summed E-state index contributed by atoms with van der Waals surface area (Å²) in [7, 11) is 0. The molecule has 21 heavy (non-hydrogen) atoms. The first-order chi connectivity index (χ1) is 10.3. The summed E-state index contributed by atoms with van der Waals surface area (Å²) in [5.41, 5.74) is 0.254. The molecule has 0 aromatic carbocycles. The predicted molar refractivity (Wildman–Crippen MR) is 76.3 cm³/mol. The quantitative estimate of drug-likeness (QED) is 0.875. The molecule has 1 saturated heterocycles. The van der Waals surface area contributed by atoms with E-state index in [9.17, 15) is 9.90 Å². The smallest absolute Gasteiger partial charge is 0.341 e. The number of aromatic carboxylic acids is 1. The summed E-state index contributed by atoms with van der Waals surface area (Å²) in [5.74, 6) is 0.726. The van der Waals surface area contributed by atoms with Crippen LogP contribution in [-0.4, -0.2) is 33.5 Å². The van der Waals surface area contributed by atoms with Crippen molar-refractivity contribution in [1.29, 1.82) is 0 Å². The van der Waals surface area contributed by atoms with Gasteiger partial charge in [0, 0.05) is 18.6 Å². The van der Waals surface area contributed by atoms with Crippen LogP contribution in [0.2, 0.25) is 0 Å². The number of fused-ring (bicyclic) bond motifs is 3. The predicted octanol–water partition coefficient (Wildman–Crippen LogP) is 2.49. The average Bonchev–Trinajstić information content (AvgIpc) is 3.13. The van der Waals surface area contributed by atoms with Crippen LogP contribution in [0.25, 0.3) is 0 Å². The largest absolute Gasteiger partial charge is 0.477 e. The summed E-state index contributed by atoms with van der Waals surface area (Å²) < 4.78 is 7.60. The number of aromatic nitrogens is 2. The Morgan fingerprint density at radius 1 is 1.33 bits per heavy atom. The fraction of sp³-hybridized carbons (Fsp3) is 0.733. The third kappa shape index (κ3) is 2.04. The van der Waals surface area contributed by atoms with Gasteiger partial charge in [-0.3, -0.25) is 0 Å². The monoisotopic (exact) mass is 291 g/mol. The van der Waals surface area contributed by atoms with E-state index in [1.54, 1.807) is 4.68 Å². The van der Waals surface area contributed by atoms with E-state index in [-0.39, 0.29) is 11.8 Å². The molecule has 0 bridgehead atoms. The first kappa shape index (κ1) is 13.1. The molecule has 6 nitrogen and oxygen atoms in total. The van der Waals surface area contributed by atoms with Crippen LogP contribution >= 0.6 is 0 Å². The van der Waals surface area contributed by atoms with Crippen LogP contribution in [0.5, 0.6) is 0 Å². The number of hydrogen-bond donors (Lipinski definition) is 2. The molecule has 0 amide bonds. The van der Waals surface area contributed by atoms with Crippen LogP contribution in [-0.2, 0) is 4.74 Å². The minimum atomic E-state index is -0.928. The average molecular weight is 291 g/mol.